The summed E-state index contributed by atoms with van der Waals surface area (Å²) >= 11 is 0. The van der Waals surface area contributed by atoms with Crippen molar-refractivity contribution in [3.05, 3.63) is 11.6 Å². The molecule has 1 heterocycles. The van der Waals surface area contributed by atoms with E-state index >= 15 is 0 Å². The van der Waals surface area contributed by atoms with Crippen molar-refractivity contribution in [3.8, 4) is 6.07 Å². The molecule has 14 heavy (non-hydrogen) atoms. The summed E-state index contributed by atoms with van der Waals surface area (Å²) in [5.41, 5.74) is 0.243. The second-order valence-corrected chi connectivity index (χ2v) is 3.21. The van der Waals surface area contributed by atoms with Crippen molar-refractivity contribution in [1.29, 1.82) is 5.26 Å². The van der Waals surface area contributed by atoms with Crippen molar-refractivity contribution >= 4 is 5.91 Å². The zero-order valence-corrected chi connectivity index (χ0v) is 8.42. The largest absolute Gasteiger partial charge is 0.337 e. The molecule has 76 valence electrons. The molecule has 1 N–H and O–H groups in total. The maximum atomic E-state index is 11.7. The highest BCUT2D eigenvalue weighted by Crippen LogP contribution is 2.03. The van der Waals surface area contributed by atoms with Crippen LogP contribution in [0.1, 0.15) is 13.3 Å². The number of carbonyl (C=O) groups excluding carboxylic acids is 1. The molecule has 0 aromatic heterocycles. The first-order valence-corrected chi connectivity index (χ1v) is 4.86. The van der Waals surface area contributed by atoms with Gasteiger partial charge >= 0.3 is 0 Å². The molecule has 0 radical (unpaired) electrons. The molecule has 0 aliphatic carbocycles. The molecule has 1 fully saturated rings. The Balaban J connectivity index is 2.63. The number of nitriles is 1. The number of hydrogen-bond acceptors (Lipinski definition) is 3. The van der Waals surface area contributed by atoms with Gasteiger partial charge in [0.05, 0.1) is 0 Å². The average molecular weight is 193 g/mol. The predicted molar refractivity (Wildman–Crippen MR) is 53.4 cm³/mol. The molecule has 1 saturated heterocycles. The van der Waals surface area contributed by atoms with E-state index in [4.69, 9.17) is 5.26 Å². The Morgan fingerprint density at radius 1 is 1.50 bits per heavy atom. The van der Waals surface area contributed by atoms with Gasteiger partial charge in [0.2, 0.25) is 0 Å². The fraction of sp³-hybridized carbons (Fsp3) is 0.600. The van der Waals surface area contributed by atoms with Gasteiger partial charge in [-0.15, -0.1) is 0 Å². The molecule has 1 amide bonds. The van der Waals surface area contributed by atoms with Crippen LogP contribution in [0, 0.1) is 11.3 Å². The number of amides is 1. The van der Waals surface area contributed by atoms with Crippen molar-refractivity contribution in [2.75, 3.05) is 26.2 Å². The minimum atomic E-state index is -0.140. The van der Waals surface area contributed by atoms with E-state index in [9.17, 15) is 4.79 Å². The Labute approximate surface area is 84.2 Å². The predicted octanol–water partition coefficient (Wildman–Crippen LogP) is 0.278. The molecule has 0 aromatic rings. The first kappa shape index (κ1) is 10.7. The number of carbonyl (C=O) groups is 1. The Kier molecular flexibility index (Phi) is 4.14. The van der Waals surface area contributed by atoms with Crippen LogP contribution >= 0.6 is 0 Å². The van der Waals surface area contributed by atoms with Gasteiger partial charge in [-0.05, 0) is 19.9 Å². The quantitative estimate of drug-likeness (QED) is 0.480. The summed E-state index contributed by atoms with van der Waals surface area (Å²) in [6, 6.07) is 1.92. The zero-order chi connectivity index (χ0) is 10.4. The van der Waals surface area contributed by atoms with E-state index in [1.165, 1.54) is 0 Å². The van der Waals surface area contributed by atoms with Crippen LogP contribution in [0.5, 0.6) is 0 Å². The number of hydrogen-bond donors (Lipinski definition) is 1. The molecular formula is C10H15N3O. The van der Waals surface area contributed by atoms with Crippen LogP contribution in [0.25, 0.3) is 0 Å². The summed E-state index contributed by atoms with van der Waals surface area (Å²) in [7, 11) is 0. The number of nitrogens with zero attached hydrogens (tertiary/aromatic N) is 2. The van der Waals surface area contributed by atoms with Crippen LogP contribution in [0.2, 0.25) is 0 Å². The fourth-order valence-electron chi connectivity index (χ4n) is 1.46. The van der Waals surface area contributed by atoms with Crippen molar-refractivity contribution in [3.63, 3.8) is 0 Å². The molecule has 0 saturated carbocycles. The normalized spacial score (nSPS) is 18.6. The lowest BCUT2D eigenvalue weighted by molar-refractivity contribution is -0.126. The van der Waals surface area contributed by atoms with Gasteiger partial charge in [-0.2, -0.15) is 5.26 Å². The highest BCUT2D eigenvalue weighted by atomic mass is 16.2. The minimum absolute atomic E-state index is 0.140. The van der Waals surface area contributed by atoms with Gasteiger partial charge in [-0.3, -0.25) is 4.79 Å². The summed E-state index contributed by atoms with van der Waals surface area (Å²) in [6.45, 7) is 4.91. The van der Waals surface area contributed by atoms with E-state index in [2.05, 4.69) is 5.32 Å². The Morgan fingerprint density at radius 2 is 2.29 bits per heavy atom. The van der Waals surface area contributed by atoms with E-state index < -0.39 is 0 Å². The lowest BCUT2D eigenvalue weighted by Crippen LogP contribution is -2.34. The molecule has 1 aliphatic rings. The van der Waals surface area contributed by atoms with Gasteiger partial charge in [-0.1, -0.05) is 6.08 Å². The summed E-state index contributed by atoms with van der Waals surface area (Å²) in [4.78, 5) is 13.5. The van der Waals surface area contributed by atoms with Gasteiger partial charge in [0, 0.05) is 19.6 Å². The Morgan fingerprint density at radius 3 is 2.93 bits per heavy atom. The lowest BCUT2D eigenvalue weighted by atomic mass is 10.2. The first-order valence-electron chi connectivity index (χ1n) is 4.86. The maximum Gasteiger partial charge on any atom is 0.264 e. The standard InChI is InChI=1S/C10H15N3O/c1-2-9(8-11)10(14)13-6-3-4-12-5-7-13/h2,12H,3-7H2,1H3/b9-2+. The van der Waals surface area contributed by atoms with Crippen molar-refractivity contribution < 1.29 is 4.79 Å². The van der Waals surface area contributed by atoms with Crippen LogP contribution < -0.4 is 5.32 Å². The van der Waals surface area contributed by atoms with Gasteiger partial charge < -0.3 is 10.2 Å². The summed E-state index contributed by atoms with van der Waals surface area (Å²) < 4.78 is 0. The Hall–Kier alpha value is -1.34. The fourth-order valence-corrected chi connectivity index (χ4v) is 1.46. The smallest absolute Gasteiger partial charge is 0.264 e. The summed E-state index contributed by atoms with van der Waals surface area (Å²) in [5, 5.41) is 11.9. The van der Waals surface area contributed by atoms with Crippen molar-refractivity contribution in [2.45, 2.75) is 13.3 Å². The van der Waals surface area contributed by atoms with Crippen molar-refractivity contribution in [2.24, 2.45) is 0 Å². The second kappa shape index (κ2) is 5.40. The summed E-state index contributed by atoms with van der Waals surface area (Å²) in [6.07, 6.45) is 2.52. The van der Waals surface area contributed by atoms with E-state index in [0.717, 1.165) is 26.1 Å². The summed E-state index contributed by atoms with van der Waals surface area (Å²) in [5.74, 6) is -0.140. The third-order valence-electron chi connectivity index (χ3n) is 2.27. The molecule has 0 aromatic carbocycles. The molecule has 4 nitrogen and oxygen atoms in total. The number of nitrogens with one attached hydrogen (secondary N) is 1. The van der Waals surface area contributed by atoms with E-state index in [0.29, 0.717) is 6.54 Å². The van der Waals surface area contributed by atoms with Crippen LogP contribution in [-0.2, 0) is 4.79 Å². The lowest BCUT2D eigenvalue weighted by Gasteiger charge is -2.18. The maximum absolute atomic E-state index is 11.7. The third-order valence-corrected chi connectivity index (χ3v) is 2.27. The van der Waals surface area contributed by atoms with Gasteiger partial charge in [0.25, 0.3) is 5.91 Å². The van der Waals surface area contributed by atoms with Gasteiger partial charge in [0.15, 0.2) is 0 Å². The minimum Gasteiger partial charge on any atom is -0.337 e. The highest BCUT2D eigenvalue weighted by Gasteiger charge is 2.18. The molecule has 0 spiro atoms. The zero-order valence-electron chi connectivity index (χ0n) is 8.42. The topological polar surface area (TPSA) is 56.1 Å². The first-order chi connectivity index (χ1) is 6.79. The van der Waals surface area contributed by atoms with E-state index in [1.807, 2.05) is 6.07 Å². The Bertz CT molecular complexity index is 270. The number of allylic oxidation sites excluding steroid dienone is 1. The van der Waals surface area contributed by atoms with Gasteiger partial charge in [0.1, 0.15) is 11.6 Å². The molecule has 0 unspecified atom stereocenters. The van der Waals surface area contributed by atoms with Crippen LogP contribution in [0.4, 0.5) is 0 Å². The van der Waals surface area contributed by atoms with Crippen LogP contribution in [0.3, 0.4) is 0 Å². The second-order valence-electron chi connectivity index (χ2n) is 3.21. The molecule has 1 rings (SSSR count). The SMILES string of the molecule is C/C=C(\C#N)C(=O)N1CCCNCC1. The monoisotopic (exact) mass is 193 g/mol. The molecule has 4 heteroatoms. The average Bonchev–Trinajstić information content (AvgIpc) is 2.47. The van der Waals surface area contributed by atoms with Crippen LogP contribution in [-0.4, -0.2) is 37.0 Å². The van der Waals surface area contributed by atoms with Gasteiger partial charge in [-0.25, -0.2) is 0 Å². The molecule has 0 atom stereocenters. The molecule has 1 aliphatic heterocycles. The molecule has 0 bridgehead atoms. The highest BCUT2D eigenvalue weighted by molar-refractivity contribution is 5.97. The van der Waals surface area contributed by atoms with E-state index in [-0.39, 0.29) is 11.5 Å². The molecular weight excluding hydrogens is 178 g/mol. The van der Waals surface area contributed by atoms with E-state index in [1.54, 1.807) is 17.9 Å². The number of rotatable bonds is 1. The third kappa shape index (κ3) is 2.57. The van der Waals surface area contributed by atoms with Crippen molar-refractivity contribution in [1.82, 2.24) is 10.2 Å². The van der Waals surface area contributed by atoms with Crippen LogP contribution in [0.15, 0.2) is 11.6 Å².